The molecular weight excluding hydrogens is 310 g/mol. The Morgan fingerprint density at radius 1 is 1.38 bits per heavy atom. The summed E-state index contributed by atoms with van der Waals surface area (Å²) in [5, 5.41) is 0. The average Bonchev–Trinajstić information content (AvgIpc) is 3.10. The van der Waals surface area contributed by atoms with Gasteiger partial charge in [-0.25, -0.2) is 0 Å². The van der Waals surface area contributed by atoms with Gasteiger partial charge in [0.25, 0.3) is 0 Å². The Hall–Kier alpha value is -2.24. The second-order valence-corrected chi connectivity index (χ2v) is 6.43. The fourth-order valence-corrected chi connectivity index (χ4v) is 3.47. The SMILES string of the molecule is CCOC(=O)[C@@H]1CN(C(=O)C(C)C)[C@H]2c3ccc(OC)cc3O[C@@H]12. The van der Waals surface area contributed by atoms with Crippen molar-refractivity contribution >= 4 is 11.9 Å². The highest BCUT2D eigenvalue weighted by atomic mass is 16.5. The molecule has 0 unspecified atom stereocenters. The van der Waals surface area contributed by atoms with Gasteiger partial charge in [0.1, 0.15) is 23.5 Å². The minimum atomic E-state index is -0.476. The number of rotatable bonds is 4. The van der Waals surface area contributed by atoms with E-state index in [1.54, 1.807) is 25.0 Å². The molecule has 0 spiro atoms. The van der Waals surface area contributed by atoms with Gasteiger partial charge in [-0.15, -0.1) is 0 Å². The van der Waals surface area contributed by atoms with E-state index in [1.807, 2.05) is 26.0 Å². The molecule has 130 valence electrons. The first-order valence-corrected chi connectivity index (χ1v) is 8.29. The molecule has 2 heterocycles. The standard InChI is InChI=1S/C18H23NO5/c1-5-23-18(21)13-9-19(17(20)10(2)3)15-12-7-6-11(22-4)8-14(12)24-16(13)15/h6-8,10,13,15-16H,5,9H2,1-4H3/t13-,15+,16+/m1/s1. The van der Waals surface area contributed by atoms with Crippen LogP contribution in [0.3, 0.4) is 0 Å². The molecule has 3 rings (SSSR count). The molecule has 2 aliphatic heterocycles. The summed E-state index contributed by atoms with van der Waals surface area (Å²) in [5.41, 5.74) is 0.918. The minimum absolute atomic E-state index is 0.0177. The summed E-state index contributed by atoms with van der Waals surface area (Å²) >= 11 is 0. The van der Waals surface area contributed by atoms with Gasteiger partial charge in [0.2, 0.25) is 5.91 Å². The number of fused-ring (bicyclic) bond motifs is 3. The largest absolute Gasteiger partial charge is 0.497 e. The quantitative estimate of drug-likeness (QED) is 0.790. The molecular formula is C18H23NO5. The minimum Gasteiger partial charge on any atom is -0.497 e. The van der Waals surface area contributed by atoms with Gasteiger partial charge < -0.3 is 19.1 Å². The Balaban J connectivity index is 1.97. The van der Waals surface area contributed by atoms with Crippen LogP contribution in [0.25, 0.3) is 0 Å². The summed E-state index contributed by atoms with van der Waals surface area (Å²) in [5.74, 6) is 0.434. The third-order valence-electron chi connectivity index (χ3n) is 4.61. The topological polar surface area (TPSA) is 65.1 Å². The van der Waals surface area contributed by atoms with E-state index in [0.29, 0.717) is 24.7 Å². The number of hydrogen-bond acceptors (Lipinski definition) is 5. The van der Waals surface area contributed by atoms with Crippen LogP contribution in [-0.4, -0.2) is 43.1 Å². The number of amides is 1. The summed E-state index contributed by atoms with van der Waals surface area (Å²) in [4.78, 5) is 26.7. The van der Waals surface area contributed by atoms with Gasteiger partial charge in [-0.3, -0.25) is 9.59 Å². The number of esters is 1. The van der Waals surface area contributed by atoms with E-state index in [-0.39, 0.29) is 23.8 Å². The molecule has 6 nitrogen and oxygen atoms in total. The van der Waals surface area contributed by atoms with Crippen molar-refractivity contribution in [1.82, 2.24) is 4.90 Å². The number of benzene rings is 1. The lowest BCUT2D eigenvalue weighted by Crippen LogP contribution is -2.35. The zero-order chi connectivity index (χ0) is 17.4. The molecule has 0 N–H and O–H groups in total. The Bertz CT molecular complexity index is 657. The highest BCUT2D eigenvalue weighted by Gasteiger charge is 2.54. The van der Waals surface area contributed by atoms with Crippen molar-refractivity contribution in [3.63, 3.8) is 0 Å². The molecule has 1 aromatic rings. The third kappa shape index (κ3) is 2.60. The smallest absolute Gasteiger partial charge is 0.314 e. The fraction of sp³-hybridized carbons (Fsp3) is 0.556. The summed E-state index contributed by atoms with van der Waals surface area (Å²) in [6.07, 6.45) is -0.408. The monoisotopic (exact) mass is 333 g/mol. The maximum absolute atomic E-state index is 12.6. The second-order valence-electron chi connectivity index (χ2n) is 6.43. The molecule has 6 heteroatoms. The summed E-state index contributed by atoms with van der Waals surface area (Å²) in [7, 11) is 1.59. The normalized spacial score (nSPS) is 24.4. The molecule has 1 fully saturated rings. The van der Waals surface area contributed by atoms with Crippen molar-refractivity contribution in [2.24, 2.45) is 11.8 Å². The van der Waals surface area contributed by atoms with Crippen molar-refractivity contribution in [2.45, 2.75) is 32.9 Å². The number of hydrogen-bond donors (Lipinski definition) is 0. The van der Waals surface area contributed by atoms with Crippen LogP contribution in [0.15, 0.2) is 18.2 Å². The number of carbonyl (C=O) groups is 2. The van der Waals surface area contributed by atoms with Crippen LogP contribution >= 0.6 is 0 Å². The average molecular weight is 333 g/mol. The van der Waals surface area contributed by atoms with Gasteiger partial charge in [-0.1, -0.05) is 13.8 Å². The number of ether oxygens (including phenoxy) is 3. The third-order valence-corrected chi connectivity index (χ3v) is 4.61. The van der Waals surface area contributed by atoms with E-state index >= 15 is 0 Å². The summed E-state index contributed by atoms with van der Waals surface area (Å²) < 4.78 is 16.5. The van der Waals surface area contributed by atoms with Crippen LogP contribution in [-0.2, 0) is 14.3 Å². The van der Waals surface area contributed by atoms with E-state index in [0.717, 1.165) is 5.56 Å². The van der Waals surface area contributed by atoms with Crippen LogP contribution in [0.1, 0.15) is 32.4 Å². The zero-order valence-corrected chi connectivity index (χ0v) is 14.4. The van der Waals surface area contributed by atoms with Crippen molar-refractivity contribution in [1.29, 1.82) is 0 Å². The highest BCUT2D eigenvalue weighted by molar-refractivity contribution is 5.82. The van der Waals surface area contributed by atoms with E-state index in [4.69, 9.17) is 14.2 Å². The van der Waals surface area contributed by atoms with Gasteiger partial charge in [0, 0.05) is 24.1 Å². The van der Waals surface area contributed by atoms with E-state index in [9.17, 15) is 9.59 Å². The zero-order valence-electron chi connectivity index (χ0n) is 14.4. The molecule has 0 saturated carbocycles. The predicted molar refractivity (Wildman–Crippen MR) is 86.8 cm³/mol. The Morgan fingerprint density at radius 3 is 2.75 bits per heavy atom. The van der Waals surface area contributed by atoms with Gasteiger partial charge in [-0.05, 0) is 19.1 Å². The lowest BCUT2D eigenvalue weighted by molar-refractivity contribution is -0.149. The molecule has 0 aliphatic carbocycles. The van der Waals surface area contributed by atoms with E-state index in [2.05, 4.69) is 0 Å². The number of carbonyl (C=O) groups excluding carboxylic acids is 2. The predicted octanol–water partition coefficient (Wildman–Crippen LogP) is 2.17. The van der Waals surface area contributed by atoms with Gasteiger partial charge in [0.05, 0.1) is 19.8 Å². The molecule has 0 radical (unpaired) electrons. The van der Waals surface area contributed by atoms with Crippen LogP contribution in [0, 0.1) is 11.8 Å². The van der Waals surface area contributed by atoms with Gasteiger partial charge in [-0.2, -0.15) is 0 Å². The van der Waals surface area contributed by atoms with Gasteiger partial charge in [0.15, 0.2) is 0 Å². The maximum atomic E-state index is 12.6. The maximum Gasteiger partial charge on any atom is 0.314 e. The molecule has 3 atom stereocenters. The van der Waals surface area contributed by atoms with Crippen molar-refractivity contribution in [3.8, 4) is 11.5 Å². The molecule has 0 bridgehead atoms. The van der Waals surface area contributed by atoms with Crippen LogP contribution in [0.4, 0.5) is 0 Å². The summed E-state index contributed by atoms with van der Waals surface area (Å²) in [6, 6.07) is 5.30. The molecule has 0 aromatic heterocycles. The molecule has 24 heavy (non-hydrogen) atoms. The van der Waals surface area contributed by atoms with Crippen molar-refractivity contribution in [3.05, 3.63) is 23.8 Å². The van der Waals surface area contributed by atoms with Crippen molar-refractivity contribution < 1.29 is 23.8 Å². The highest BCUT2D eigenvalue weighted by Crippen LogP contribution is 2.49. The molecule has 2 aliphatic rings. The lowest BCUT2D eigenvalue weighted by atomic mass is 9.98. The van der Waals surface area contributed by atoms with Crippen LogP contribution in [0.5, 0.6) is 11.5 Å². The Kier molecular flexibility index (Phi) is 4.39. The van der Waals surface area contributed by atoms with E-state index in [1.165, 1.54) is 0 Å². The Morgan fingerprint density at radius 2 is 2.12 bits per heavy atom. The van der Waals surface area contributed by atoms with Crippen molar-refractivity contribution in [2.75, 3.05) is 20.3 Å². The molecule has 1 aromatic carbocycles. The van der Waals surface area contributed by atoms with Crippen LogP contribution < -0.4 is 9.47 Å². The fourth-order valence-electron chi connectivity index (χ4n) is 3.47. The first kappa shape index (κ1) is 16.6. The lowest BCUT2D eigenvalue weighted by Gasteiger charge is -2.25. The first-order valence-electron chi connectivity index (χ1n) is 8.29. The number of methoxy groups -OCH3 is 1. The first-order chi connectivity index (χ1) is 11.5. The summed E-state index contributed by atoms with van der Waals surface area (Å²) in [6.45, 7) is 6.14. The van der Waals surface area contributed by atoms with Gasteiger partial charge >= 0.3 is 5.97 Å². The van der Waals surface area contributed by atoms with Crippen LogP contribution in [0.2, 0.25) is 0 Å². The molecule has 1 amide bonds. The molecule has 1 saturated heterocycles. The number of nitrogens with zero attached hydrogens (tertiary/aromatic N) is 1. The van der Waals surface area contributed by atoms with E-state index < -0.39 is 12.0 Å². The Labute approximate surface area is 141 Å². The second kappa shape index (κ2) is 6.34. The number of likely N-dealkylation sites (tertiary alicyclic amines) is 1.